The number of aromatic hydroxyl groups is 1. The van der Waals surface area contributed by atoms with Crippen molar-refractivity contribution < 1.29 is 57.9 Å². The normalized spacial score (nSPS) is 25.2. The number of phenols is 1. The molecular weight excluding hydrogens is 640 g/mol. The van der Waals surface area contributed by atoms with Gasteiger partial charge >= 0.3 is 23.9 Å². The van der Waals surface area contributed by atoms with Crippen molar-refractivity contribution >= 4 is 41.9 Å². The third-order valence-electron chi connectivity index (χ3n) is 8.12. The van der Waals surface area contributed by atoms with Crippen LogP contribution in [0.3, 0.4) is 0 Å². The fraction of sp³-hybridized carbons (Fsp3) is 0.486. The van der Waals surface area contributed by atoms with Crippen LogP contribution in [-0.2, 0) is 49.3 Å². The number of amides is 2. The second-order valence-electron chi connectivity index (χ2n) is 13.1. The van der Waals surface area contributed by atoms with Crippen LogP contribution in [0.4, 0.5) is 5.69 Å². The van der Waals surface area contributed by atoms with E-state index in [4.69, 9.17) is 18.9 Å². The van der Waals surface area contributed by atoms with Crippen molar-refractivity contribution in [3.05, 3.63) is 59.7 Å². The quantitative estimate of drug-likeness (QED) is 0.137. The molecule has 0 spiro atoms. The van der Waals surface area contributed by atoms with E-state index in [2.05, 4.69) is 10.6 Å². The molecule has 3 rings (SSSR count). The van der Waals surface area contributed by atoms with Crippen molar-refractivity contribution in [2.75, 3.05) is 5.32 Å². The highest BCUT2D eigenvalue weighted by Gasteiger charge is 2.47. The Morgan fingerprint density at radius 1 is 0.857 bits per heavy atom. The Kier molecular flexibility index (Phi) is 12.9. The van der Waals surface area contributed by atoms with Crippen LogP contribution in [0.2, 0.25) is 0 Å². The van der Waals surface area contributed by atoms with Gasteiger partial charge in [-0.3, -0.25) is 14.4 Å². The van der Waals surface area contributed by atoms with E-state index in [0.717, 1.165) is 0 Å². The molecular formula is C35H44N2O12. The number of aliphatic hydroxyl groups excluding tert-OH is 1. The molecule has 4 N–H and O–H groups in total. The van der Waals surface area contributed by atoms with Crippen molar-refractivity contribution in [3.8, 4) is 5.75 Å². The average Bonchev–Trinajstić information content (AvgIpc) is 3.04. The van der Waals surface area contributed by atoms with Crippen LogP contribution < -0.4 is 10.6 Å². The summed E-state index contributed by atoms with van der Waals surface area (Å²) in [5.74, 6) is -7.22. The molecule has 0 aromatic heterocycles. The summed E-state index contributed by atoms with van der Waals surface area (Å²) in [6, 6.07) is 10.9. The van der Waals surface area contributed by atoms with Crippen LogP contribution in [-0.4, -0.2) is 83.0 Å². The average molecular weight is 685 g/mol. The molecule has 6 atom stereocenters. The number of hydrogen-bond donors (Lipinski definition) is 4. The molecule has 0 bridgehead atoms. The van der Waals surface area contributed by atoms with E-state index in [1.54, 1.807) is 58.0 Å². The summed E-state index contributed by atoms with van der Waals surface area (Å²) in [6.07, 6.45) is -7.27. The second-order valence-corrected chi connectivity index (χ2v) is 13.1. The fourth-order valence-corrected chi connectivity index (χ4v) is 5.06. The Morgan fingerprint density at radius 3 is 2.04 bits per heavy atom. The van der Waals surface area contributed by atoms with E-state index < -0.39 is 89.3 Å². The van der Waals surface area contributed by atoms with Gasteiger partial charge in [0.05, 0.1) is 16.7 Å². The molecule has 1 saturated heterocycles. The third kappa shape index (κ3) is 9.34. The molecule has 1 heterocycles. The lowest BCUT2D eigenvalue weighted by Gasteiger charge is -2.35. The second kappa shape index (κ2) is 16.4. The molecule has 0 aliphatic carbocycles. The molecule has 2 amide bonds. The van der Waals surface area contributed by atoms with Crippen molar-refractivity contribution in [1.29, 1.82) is 0 Å². The zero-order valence-corrected chi connectivity index (χ0v) is 28.5. The van der Waals surface area contributed by atoms with Gasteiger partial charge in [0.25, 0.3) is 5.91 Å². The maximum absolute atomic E-state index is 13.8. The Morgan fingerprint density at radius 2 is 1.45 bits per heavy atom. The number of aliphatic hydroxyl groups is 1. The summed E-state index contributed by atoms with van der Waals surface area (Å²) < 4.78 is 22.5. The summed E-state index contributed by atoms with van der Waals surface area (Å²) in [4.78, 5) is 78.8. The Balaban J connectivity index is 2.10. The molecule has 266 valence electrons. The largest absolute Gasteiger partial charge is 0.505 e. The number of anilines is 1. The third-order valence-corrected chi connectivity index (χ3v) is 8.12. The first-order chi connectivity index (χ1) is 23.0. The first-order valence-electron chi connectivity index (χ1n) is 15.9. The number of carbonyl (C=O) groups excluding carboxylic acids is 6. The predicted molar refractivity (Wildman–Crippen MR) is 174 cm³/mol. The molecule has 1 fully saturated rings. The number of carbonyl (C=O) groups is 6. The summed E-state index contributed by atoms with van der Waals surface area (Å²) in [5, 5.41) is 26.8. The molecule has 49 heavy (non-hydrogen) atoms. The zero-order valence-electron chi connectivity index (χ0n) is 28.5. The number of cyclic esters (lactones) is 4. The Labute approximate surface area is 284 Å². The molecule has 1 aliphatic heterocycles. The minimum absolute atomic E-state index is 0.0316. The molecule has 0 unspecified atom stereocenters. The van der Waals surface area contributed by atoms with Gasteiger partial charge in [0.2, 0.25) is 18.6 Å². The van der Waals surface area contributed by atoms with Gasteiger partial charge in [-0.25, -0.2) is 14.4 Å². The molecule has 2 aromatic carbocycles. The lowest BCUT2D eigenvalue weighted by Crippen LogP contribution is -2.52. The van der Waals surface area contributed by atoms with Crippen molar-refractivity contribution in [2.45, 2.75) is 91.4 Å². The topological polar surface area (TPSA) is 204 Å². The monoisotopic (exact) mass is 684 g/mol. The van der Waals surface area contributed by atoms with Gasteiger partial charge in [-0.1, -0.05) is 64.1 Å². The molecule has 0 radical (unpaired) electrons. The zero-order chi connectivity index (χ0) is 36.6. The van der Waals surface area contributed by atoms with Crippen LogP contribution in [0.25, 0.3) is 0 Å². The number of nitrogens with one attached hydrogen (secondary N) is 2. The number of esters is 4. The van der Waals surface area contributed by atoms with E-state index in [0.29, 0.717) is 12.0 Å². The number of benzene rings is 2. The van der Waals surface area contributed by atoms with Gasteiger partial charge in [0.15, 0.2) is 11.8 Å². The van der Waals surface area contributed by atoms with Gasteiger partial charge in [-0.05, 0) is 38.5 Å². The Bertz CT molecular complexity index is 1520. The lowest BCUT2D eigenvalue weighted by molar-refractivity contribution is -0.190. The maximum Gasteiger partial charge on any atom is 0.348 e. The number of rotatable bonds is 8. The van der Waals surface area contributed by atoms with Gasteiger partial charge < -0.3 is 39.8 Å². The van der Waals surface area contributed by atoms with Gasteiger partial charge in [-0.15, -0.1) is 0 Å². The molecule has 14 heteroatoms. The highest BCUT2D eigenvalue weighted by Crippen LogP contribution is 2.31. The van der Waals surface area contributed by atoms with Crippen LogP contribution in [0.15, 0.2) is 48.5 Å². The van der Waals surface area contributed by atoms with E-state index >= 15 is 0 Å². The maximum atomic E-state index is 13.8. The highest BCUT2D eigenvalue weighted by atomic mass is 16.6. The minimum Gasteiger partial charge on any atom is -0.505 e. The minimum atomic E-state index is -1.76. The predicted octanol–water partition coefficient (Wildman–Crippen LogP) is 2.68. The van der Waals surface area contributed by atoms with Crippen LogP contribution >= 0.6 is 0 Å². The van der Waals surface area contributed by atoms with Crippen molar-refractivity contribution in [2.24, 2.45) is 17.3 Å². The fourth-order valence-electron chi connectivity index (χ4n) is 5.06. The summed E-state index contributed by atoms with van der Waals surface area (Å²) in [7, 11) is 0. The first-order valence-corrected chi connectivity index (χ1v) is 15.9. The summed E-state index contributed by atoms with van der Waals surface area (Å²) >= 11 is 0. The lowest BCUT2D eigenvalue weighted by atomic mass is 9.81. The standard InChI is InChI=1S/C35H44N2O12/c1-18(2)27-33(44)47-24(16-21-12-9-8-10-13-21)29(40)35(6,7)34(45)49-28(19(3)4)32(43)46-20(5)25(31(42)48-27)37-30(41)22-14-11-15-23(26(22)39)36-17-38/h8-15,17-20,24-25,27-29,39-40H,16H2,1-7H3,(H,36,38)(H,37,41)/t20-,24+,25-,27-,28-,29-/m0/s1. The summed E-state index contributed by atoms with van der Waals surface area (Å²) in [6.45, 7) is 10.4. The smallest absolute Gasteiger partial charge is 0.348 e. The van der Waals surface area contributed by atoms with Gasteiger partial charge in [0, 0.05) is 18.3 Å². The SMILES string of the molecule is CC(C)[C@@H]1OC(=O)[C@@H](NC(=O)c2cccc(NC=O)c2O)[C@H](C)OC(=O)[C@H](C(C)C)OC(=O)C(C)(C)[C@@H](O)[C@@H](Cc2ccccc2)OC1=O. The molecule has 2 aromatic rings. The van der Waals surface area contributed by atoms with Gasteiger partial charge in [-0.2, -0.15) is 0 Å². The van der Waals surface area contributed by atoms with Gasteiger partial charge in [0.1, 0.15) is 18.3 Å². The number of para-hydroxylation sites is 1. The molecule has 0 saturated carbocycles. The van der Waals surface area contributed by atoms with Crippen molar-refractivity contribution in [3.63, 3.8) is 0 Å². The van der Waals surface area contributed by atoms with E-state index in [1.165, 1.54) is 39.0 Å². The van der Waals surface area contributed by atoms with E-state index in [-0.39, 0.29) is 17.7 Å². The van der Waals surface area contributed by atoms with E-state index in [9.17, 15) is 39.0 Å². The molecule has 14 nitrogen and oxygen atoms in total. The van der Waals surface area contributed by atoms with Crippen LogP contribution in [0.1, 0.15) is 64.4 Å². The van der Waals surface area contributed by atoms with Crippen LogP contribution in [0.5, 0.6) is 5.75 Å². The Hall–Kier alpha value is -4.98. The summed E-state index contributed by atoms with van der Waals surface area (Å²) in [5.41, 5.74) is -1.49. The first kappa shape index (κ1) is 38.5. The number of phenolic OH excluding ortho intramolecular Hbond substituents is 1. The van der Waals surface area contributed by atoms with Crippen LogP contribution in [0, 0.1) is 17.3 Å². The molecule has 1 aliphatic rings. The highest BCUT2D eigenvalue weighted by molar-refractivity contribution is 6.01. The van der Waals surface area contributed by atoms with E-state index in [1.807, 2.05) is 0 Å². The number of ether oxygens (including phenoxy) is 4. The van der Waals surface area contributed by atoms with Crippen molar-refractivity contribution in [1.82, 2.24) is 5.32 Å². The number of hydrogen-bond acceptors (Lipinski definition) is 12.